The number of nitrogens with zero attached hydrogens (tertiary/aromatic N) is 2. The van der Waals surface area contributed by atoms with Gasteiger partial charge < -0.3 is 15.5 Å². The van der Waals surface area contributed by atoms with Gasteiger partial charge in [-0.3, -0.25) is 4.79 Å². The zero-order chi connectivity index (χ0) is 15.0. The molecule has 2 N–H and O–H groups in total. The Kier molecular flexibility index (Phi) is 7.09. The second-order valence-electron chi connectivity index (χ2n) is 5.38. The van der Waals surface area contributed by atoms with Crippen molar-refractivity contribution in [2.75, 3.05) is 39.5 Å². The lowest BCUT2D eigenvalue weighted by Gasteiger charge is -2.24. The van der Waals surface area contributed by atoms with E-state index in [4.69, 9.17) is 5.73 Å². The van der Waals surface area contributed by atoms with E-state index in [2.05, 4.69) is 11.8 Å². The van der Waals surface area contributed by atoms with E-state index in [1.54, 1.807) is 0 Å². The average molecular weight is 277 g/mol. The molecule has 1 amide bonds. The number of anilines is 1. The summed E-state index contributed by atoms with van der Waals surface area (Å²) in [6, 6.07) is 7.76. The molecule has 0 saturated heterocycles. The first-order valence-electron chi connectivity index (χ1n) is 7.30. The van der Waals surface area contributed by atoms with Crippen LogP contribution in [0.4, 0.5) is 5.69 Å². The van der Waals surface area contributed by atoms with Gasteiger partial charge in [-0.25, -0.2) is 0 Å². The van der Waals surface area contributed by atoms with Crippen LogP contribution in [0, 0.1) is 0 Å². The molecule has 0 spiro atoms. The maximum atomic E-state index is 12.3. The van der Waals surface area contributed by atoms with Gasteiger partial charge in [0.2, 0.25) is 5.91 Å². The molecule has 0 unspecified atom stereocenters. The second-order valence-corrected chi connectivity index (χ2v) is 5.38. The van der Waals surface area contributed by atoms with Crippen LogP contribution in [0.25, 0.3) is 0 Å². The molecule has 1 aromatic carbocycles. The van der Waals surface area contributed by atoms with Crippen molar-refractivity contribution in [2.45, 2.75) is 26.2 Å². The topological polar surface area (TPSA) is 49.6 Å². The smallest absolute Gasteiger partial charge is 0.222 e. The van der Waals surface area contributed by atoms with E-state index in [0.717, 1.165) is 37.3 Å². The average Bonchev–Trinajstić information content (AvgIpc) is 2.42. The molecule has 0 atom stereocenters. The highest BCUT2D eigenvalue weighted by atomic mass is 16.2. The molecule has 112 valence electrons. The van der Waals surface area contributed by atoms with Crippen molar-refractivity contribution in [3.05, 3.63) is 29.8 Å². The van der Waals surface area contributed by atoms with Gasteiger partial charge in [-0.1, -0.05) is 25.1 Å². The fraction of sp³-hybridized carbons (Fsp3) is 0.562. The molecule has 0 radical (unpaired) electrons. The maximum Gasteiger partial charge on any atom is 0.222 e. The van der Waals surface area contributed by atoms with Crippen molar-refractivity contribution in [2.24, 2.45) is 0 Å². The highest BCUT2D eigenvalue weighted by Gasteiger charge is 2.13. The molecule has 1 rings (SSSR count). The van der Waals surface area contributed by atoms with Gasteiger partial charge in [-0.15, -0.1) is 0 Å². The van der Waals surface area contributed by atoms with Gasteiger partial charge in [0.1, 0.15) is 0 Å². The number of para-hydroxylation sites is 1. The Balaban J connectivity index is 2.51. The quantitative estimate of drug-likeness (QED) is 0.739. The lowest BCUT2D eigenvalue weighted by Crippen LogP contribution is -2.37. The molecule has 0 aliphatic carbocycles. The molecule has 0 aliphatic rings. The van der Waals surface area contributed by atoms with E-state index in [9.17, 15) is 4.79 Å². The fourth-order valence-corrected chi connectivity index (χ4v) is 2.11. The number of aryl methyl sites for hydroxylation is 1. The third-order valence-corrected chi connectivity index (χ3v) is 3.33. The number of benzene rings is 1. The molecule has 0 fully saturated rings. The summed E-state index contributed by atoms with van der Waals surface area (Å²) in [5.74, 6) is 0.219. The Labute approximate surface area is 122 Å². The number of nitrogens with two attached hydrogens (primary N) is 1. The second kappa shape index (κ2) is 8.59. The van der Waals surface area contributed by atoms with Gasteiger partial charge in [0.25, 0.3) is 0 Å². The van der Waals surface area contributed by atoms with Crippen LogP contribution < -0.4 is 5.73 Å². The van der Waals surface area contributed by atoms with Crippen LogP contribution in [0.15, 0.2) is 24.3 Å². The minimum absolute atomic E-state index is 0.219. The monoisotopic (exact) mass is 277 g/mol. The van der Waals surface area contributed by atoms with E-state index >= 15 is 0 Å². The standard InChI is InChI=1S/C16H27N3O/c1-4-11-19(13-12-18(2)3)16(20)10-9-14-7-5-6-8-15(14)17/h5-8H,4,9-13,17H2,1-3H3. The van der Waals surface area contributed by atoms with Gasteiger partial charge in [0, 0.05) is 31.7 Å². The van der Waals surface area contributed by atoms with Crippen molar-refractivity contribution in [3.63, 3.8) is 0 Å². The van der Waals surface area contributed by atoms with E-state index in [1.807, 2.05) is 43.3 Å². The number of hydrogen-bond donors (Lipinski definition) is 1. The van der Waals surface area contributed by atoms with E-state index in [1.165, 1.54) is 0 Å². The Hall–Kier alpha value is -1.55. The van der Waals surface area contributed by atoms with Crippen molar-refractivity contribution >= 4 is 11.6 Å². The van der Waals surface area contributed by atoms with Crippen LogP contribution in [0.1, 0.15) is 25.3 Å². The summed E-state index contributed by atoms with van der Waals surface area (Å²) in [6.45, 7) is 4.63. The SMILES string of the molecule is CCCN(CCN(C)C)C(=O)CCc1ccccc1N. The molecule has 4 nitrogen and oxygen atoms in total. The molecule has 4 heteroatoms. The molecule has 0 aromatic heterocycles. The van der Waals surface area contributed by atoms with Gasteiger partial charge in [0.15, 0.2) is 0 Å². The number of likely N-dealkylation sites (N-methyl/N-ethyl adjacent to an activating group) is 1. The molecule has 20 heavy (non-hydrogen) atoms. The number of rotatable bonds is 8. The van der Waals surface area contributed by atoms with Crippen LogP contribution in [-0.2, 0) is 11.2 Å². The van der Waals surface area contributed by atoms with E-state index in [-0.39, 0.29) is 5.91 Å². The van der Waals surface area contributed by atoms with Crippen molar-refractivity contribution in [3.8, 4) is 0 Å². The third-order valence-electron chi connectivity index (χ3n) is 3.33. The molecular formula is C16H27N3O. The van der Waals surface area contributed by atoms with Crippen LogP contribution in [0.2, 0.25) is 0 Å². The van der Waals surface area contributed by atoms with Crippen LogP contribution in [0.5, 0.6) is 0 Å². The summed E-state index contributed by atoms with van der Waals surface area (Å²) in [5.41, 5.74) is 7.74. The van der Waals surface area contributed by atoms with Crippen LogP contribution in [-0.4, -0.2) is 49.4 Å². The number of carbonyl (C=O) groups is 1. The zero-order valence-electron chi connectivity index (χ0n) is 12.9. The van der Waals surface area contributed by atoms with Crippen molar-refractivity contribution in [1.82, 2.24) is 9.80 Å². The highest BCUT2D eigenvalue weighted by molar-refractivity contribution is 5.76. The van der Waals surface area contributed by atoms with E-state index in [0.29, 0.717) is 12.8 Å². The molecular weight excluding hydrogens is 250 g/mol. The summed E-state index contributed by atoms with van der Waals surface area (Å²) < 4.78 is 0. The Morgan fingerprint density at radius 1 is 1.15 bits per heavy atom. The van der Waals surface area contributed by atoms with E-state index < -0.39 is 0 Å². The number of hydrogen-bond acceptors (Lipinski definition) is 3. The predicted octanol–water partition coefficient (Wildman–Crippen LogP) is 2.00. The minimum Gasteiger partial charge on any atom is -0.399 e. The fourth-order valence-electron chi connectivity index (χ4n) is 2.11. The molecule has 0 bridgehead atoms. The summed E-state index contributed by atoms with van der Waals surface area (Å²) in [4.78, 5) is 16.4. The number of amides is 1. The summed E-state index contributed by atoms with van der Waals surface area (Å²) >= 11 is 0. The first-order chi connectivity index (χ1) is 9.54. The lowest BCUT2D eigenvalue weighted by molar-refractivity contribution is -0.131. The molecule has 0 aliphatic heterocycles. The Bertz CT molecular complexity index is 418. The predicted molar refractivity (Wildman–Crippen MR) is 84.6 cm³/mol. The first kappa shape index (κ1) is 16.5. The number of nitrogen functional groups attached to an aromatic ring is 1. The van der Waals surface area contributed by atoms with Gasteiger partial charge in [-0.2, -0.15) is 0 Å². The van der Waals surface area contributed by atoms with Crippen molar-refractivity contribution in [1.29, 1.82) is 0 Å². The largest absolute Gasteiger partial charge is 0.399 e. The minimum atomic E-state index is 0.219. The lowest BCUT2D eigenvalue weighted by atomic mass is 10.1. The third kappa shape index (κ3) is 5.61. The maximum absolute atomic E-state index is 12.3. The van der Waals surface area contributed by atoms with Crippen molar-refractivity contribution < 1.29 is 4.79 Å². The van der Waals surface area contributed by atoms with Crippen LogP contribution in [0.3, 0.4) is 0 Å². The highest BCUT2D eigenvalue weighted by Crippen LogP contribution is 2.13. The molecule has 1 aromatic rings. The Morgan fingerprint density at radius 3 is 2.45 bits per heavy atom. The normalized spacial score (nSPS) is 10.8. The van der Waals surface area contributed by atoms with Crippen LogP contribution >= 0.6 is 0 Å². The summed E-state index contributed by atoms with van der Waals surface area (Å²) in [7, 11) is 4.05. The zero-order valence-corrected chi connectivity index (χ0v) is 12.9. The first-order valence-corrected chi connectivity index (χ1v) is 7.30. The molecule has 0 saturated carbocycles. The summed E-state index contributed by atoms with van der Waals surface area (Å²) in [5, 5.41) is 0. The van der Waals surface area contributed by atoms with Gasteiger partial charge in [-0.05, 0) is 38.6 Å². The molecule has 0 heterocycles. The Morgan fingerprint density at radius 2 is 1.85 bits per heavy atom. The van der Waals surface area contributed by atoms with Gasteiger partial charge in [0.05, 0.1) is 0 Å². The summed E-state index contributed by atoms with van der Waals surface area (Å²) in [6.07, 6.45) is 2.24. The van der Waals surface area contributed by atoms with Gasteiger partial charge >= 0.3 is 0 Å². The number of carbonyl (C=O) groups excluding carboxylic acids is 1.